The van der Waals surface area contributed by atoms with Crippen LogP contribution >= 0.6 is 0 Å². The average Bonchev–Trinajstić information content (AvgIpc) is 1.86. The van der Waals surface area contributed by atoms with Crippen molar-refractivity contribution in [3.05, 3.63) is 0 Å². The summed E-state index contributed by atoms with van der Waals surface area (Å²) in [6.45, 7) is 13.9. The fourth-order valence-electron chi connectivity index (χ4n) is 2.35. The van der Waals surface area contributed by atoms with Gasteiger partial charge in [-0.15, -0.1) is 0 Å². The minimum absolute atomic E-state index is 0.733. The molecule has 12 heavy (non-hydrogen) atoms. The summed E-state index contributed by atoms with van der Waals surface area (Å²) in [5, 5.41) is 0. The Morgan fingerprint density at radius 1 is 0.833 bits per heavy atom. The average molecular weight is 265 g/mol. The summed E-state index contributed by atoms with van der Waals surface area (Å²) in [4.78, 5) is 0. The van der Waals surface area contributed by atoms with Gasteiger partial charge in [-0.2, -0.15) is 0 Å². The molecule has 0 atom stereocenters. The topological polar surface area (TPSA) is 9.23 Å². The molecule has 0 amide bonds. The van der Waals surface area contributed by atoms with Crippen LogP contribution in [-0.2, 0) is 27.7 Å². The minimum atomic E-state index is -1.46. The van der Waals surface area contributed by atoms with Gasteiger partial charge in [0.15, 0.2) is 0 Å². The van der Waals surface area contributed by atoms with Gasteiger partial charge in [-0.3, -0.25) is 0 Å². The monoisotopic (exact) mass is 263 g/mol. The summed E-state index contributed by atoms with van der Waals surface area (Å²) in [6, 6.07) is 0. The summed E-state index contributed by atoms with van der Waals surface area (Å²) in [5.41, 5.74) is 2.20. The summed E-state index contributed by atoms with van der Waals surface area (Å²) in [5.74, 6) is 0. The zero-order valence-corrected chi connectivity index (χ0v) is 12.6. The third-order valence-corrected chi connectivity index (χ3v) is 11.3. The van der Waals surface area contributed by atoms with Gasteiger partial charge in [0, 0.05) is 0 Å². The van der Waals surface area contributed by atoms with Crippen molar-refractivity contribution in [1.82, 2.24) is 0 Å². The van der Waals surface area contributed by atoms with E-state index in [2.05, 4.69) is 41.5 Å². The van der Waals surface area contributed by atoms with Crippen molar-refractivity contribution in [2.45, 2.75) is 58.2 Å². The Morgan fingerprint density at radius 3 is 1.08 bits per heavy atom. The van der Waals surface area contributed by atoms with Gasteiger partial charge in [-0.1, -0.05) is 0 Å². The summed E-state index contributed by atoms with van der Waals surface area (Å²) in [7, 11) is -1.46. The fourth-order valence-corrected chi connectivity index (χ4v) is 12.3. The maximum absolute atomic E-state index is 5.95. The molecule has 0 aliphatic carbocycles. The SMILES string of the molecule is CC(C)[Si]([O][Zr])(C(C)C)C(C)C. The van der Waals surface area contributed by atoms with E-state index in [1.165, 1.54) is 25.2 Å². The van der Waals surface area contributed by atoms with Gasteiger partial charge in [-0.25, -0.2) is 0 Å². The van der Waals surface area contributed by atoms with E-state index >= 15 is 0 Å². The quantitative estimate of drug-likeness (QED) is 0.705. The van der Waals surface area contributed by atoms with Crippen LogP contribution in [0.25, 0.3) is 0 Å². The third-order valence-electron chi connectivity index (χ3n) is 2.88. The molecule has 0 unspecified atom stereocenters. The molecule has 71 valence electrons. The van der Waals surface area contributed by atoms with E-state index in [0.29, 0.717) is 0 Å². The molecule has 0 radical (unpaired) electrons. The van der Waals surface area contributed by atoms with Crippen molar-refractivity contribution in [3.8, 4) is 0 Å². The molecule has 0 aromatic heterocycles. The van der Waals surface area contributed by atoms with E-state index in [-0.39, 0.29) is 0 Å². The predicted octanol–water partition coefficient (Wildman–Crippen LogP) is 3.64. The molecule has 0 N–H and O–H groups in total. The van der Waals surface area contributed by atoms with Crippen molar-refractivity contribution in [2.75, 3.05) is 0 Å². The Balaban J connectivity index is 4.77. The second kappa shape index (κ2) is 5.07. The number of hydrogen-bond acceptors (Lipinski definition) is 1. The zero-order valence-electron chi connectivity index (χ0n) is 9.14. The van der Waals surface area contributed by atoms with Crippen LogP contribution in [0.1, 0.15) is 41.5 Å². The van der Waals surface area contributed by atoms with Gasteiger partial charge in [0.25, 0.3) is 0 Å². The maximum atomic E-state index is 5.95. The molecule has 0 spiro atoms. The first-order valence-corrected chi connectivity index (χ1v) is 7.88. The molecule has 0 aliphatic rings. The normalized spacial score (nSPS) is 13.3. The molecule has 0 saturated carbocycles. The van der Waals surface area contributed by atoms with Crippen molar-refractivity contribution in [1.29, 1.82) is 0 Å². The molecule has 0 saturated heterocycles. The Kier molecular flexibility index (Phi) is 5.52. The Labute approximate surface area is 93.9 Å². The second-order valence-electron chi connectivity index (χ2n) is 4.42. The second-order valence-corrected chi connectivity index (χ2v) is 11.3. The molecule has 0 aromatic rings. The molecule has 0 aromatic carbocycles. The van der Waals surface area contributed by atoms with E-state index in [1.54, 1.807) is 0 Å². The summed E-state index contributed by atoms with van der Waals surface area (Å²) in [6.07, 6.45) is 0. The molecular formula is C9H21OSiZr. The summed E-state index contributed by atoms with van der Waals surface area (Å²) >= 11 is 1.25. The zero-order chi connectivity index (χ0) is 9.94. The number of hydrogen-bond donors (Lipinski definition) is 0. The van der Waals surface area contributed by atoms with Gasteiger partial charge >= 0.3 is 94.1 Å². The molecule has 0 fully saturated rings. The first kappa shape index (κ1) is 13.1. The molecule has 3 heteroatoms. The van der Waals surface area contributed by atoms with Crippen LogP contribution in [-0.4, -0.2) is 8.32 Å². The van der Waals surface area contributed by atoms with E-state index in [1.807, 2.05) is 0 Å². The fraction of sp³-hybridized carbons (Fsp3) is 1.00. The van der Waals surface area contributed by atoms with Crippen LogP contribution in [0, 0.1) is 0 Å². The van der Waals surface area contributed by atoms with E-state index in [4.69, 9.17) is 2.50 Å². The van der Waals surface area contributed by atoms with Crippen molar-refractivity contribution >= 4 is 8.32 Å². The Hall–Kier alpha value is 1.06. The standard InChI is InChI=1S/C9H21OSi.Zr/c1-7(2)11(10,8(3)4)9(5)6;/h7-9H,1-6H3;/q-1;+1. The first-order valence-electron chi connectivity index (χ1n) is 4.74. The van der Waals surface area contributed by atoms with Crippen molar-refractivity contribution in [3.63, 3.8) is 0 Å². The summed E-state index contributed by atoms with van der Waals surface area (Å²) < 4.78 is 5.95. The number of rotatable bonds is 4. The molecule has 0 aliphatic heterocycles. The molecule has 0 rings (SSSR count). The molecule has 0 heterocycles. The van der Waals surface area contributed by atoms with E-state index in [0.717, 1.165) is 16.6 Å². The van der Waals surface area contributed by atoms with Gasteiger partial charge in [0.1, 0.15) is 0 Å². The van der Waals surface area contributed by atoms with E-state index < -0.39 is 8.32 Å². The van der Waals surface area contributed by atoms with Crippen molar-refractivity contribution in [2.24, 2.45) is 0 Å². The molecule has 1 nitrogen and oxygen atoms in total. The Bertz CT molecular complexity index is 113. The van der Waals surface area contributed by atoms with Crippen LogP contribution < -0.4 is 0 Å². The van der Waals surface area contributed by atoms with Gasteiger partial charge in [0.05, 0.1) is 0 Å². The first-order chi connectivity index (χ1) is 5.39. The third kappa shape index (κ3) is 2.30. The van der Waals surface area contributed by atoms with Crippen LogP contribution in [0.5, 0.6) is 0 Å². The van der Waals surface area contributed by atoms with Crippen molar-refractivity contribution < 1.29 is 27.7 Å². The van der Waals surface area contributed by atoms with Crippen LogP contribution in [0.3, 0.4) is 0 Å². The van der Waals surface area contributed by atoms with E-state index in [9.17, 15) is 0 Å². The van der Waals surface area contributed by atoms with Gasteiger partial charge in [0.2, 0.25) is 0 Å². The van der Waals surface area contributed by atoms with Gasteiger partial charge < -0.3 is 0 Å². The van der Waals surface area contributed by atoms with Crippen LogP contribution in [0.2, 0.25) is 16.6 Å². The Morgan fingerprint density at radius 2 is 1.08 bits per heavy atom. The predicted molar refractivity (Wildman–Crippen MR) is 52.1 cm³/mol. The van der Waals surface area contributed by atoms with Crippen LogP contribution in [0.15, 0.2) is 0 Å². The van der Waals surface area contributed by atoms with Gasteiger partial charge in [-0.05, 0) is 0 Å². The van der Waals surface area contributed by atoms with Crippen LogP contribution in [0.4, 0.5) is 0 Å². The molecular weight excluding hydrogens is 243 g/mol. The molecule has 0 bridgehead atoms.